The van der Waals surface area contributed by atoms with Gasteiger partial charge < -0.3 is 4.90 Å². The summed E-state index contributed by atoms with van der Waals surface area (Å²) in [6.07, 6.45) is 5.58. The van der Waals surface area contributed by atoms with Gasteiger partial charge in [-0.2, -0.15) is 0 Å². The van der Waals surface area contributed by atoms with E-state index in [1.54, 1.807) is 24.5 Å². The summed E-state index contributed by atoms with van der Waals surface area (Å²) >= 11 is 0. The average molecular weight is 374 g/mol. The number of anilines is 1. The minimum Gasteiger partial charge on any atom is -0.371 e. The van der Waals surface area contributed by atoms with E-state index in [2.05, 4.69) is 28.5 Å². The summed E-state index contributed by atoms with van der Waals surface area (Å²) in [5, 5.41) is 0. The number of rotatable bonds is 6. The van der Waals surface area contributed by atoms with Crippen molar-refractivity contribution in [3.8, 4) is 0 Å². The summed E-state index contributed by atoms with van der Waals surface area (Å²) in [6.45, 7) is 6.58. The maximum absolute atomic E-state index is 12.5. The summed E-state index contributed by atoms with van der Waals surface area (Å²) in [5.41, 5.74) is 2.33. The molecule has 1 aliphatic heterocycles. The van der Waals surface area contributed by atoms with Crippen molar-refractivity contribution in [2.24, 2.45) is 5.92 Å². The van der Waals surface area contributed by atoms with E-state index < -0.39 is 10.0 Å². The van der Waals surface area contributed by atoms with Gasteiger partial charge in [0.15, 0.2) is 0 Å². The number of hydrogen-bond acceptors (Lipinski definition) is 4. The molecule has 6 heteroatoms. The molecule has 140 valence electrons. The van der Waals surface area contributed by atoms with E-state index in [1.165, 1.54) is 5.69 Å². The molecule has 2 heterocycles. The predicted octanol–water partition coefficient (Wildman–Crippen LogP) is 3.40. The van der Waals surface area contributed by atoms with Crippen molar-refractivity contribution in [3.05, 3.63) is 54.4 Å². The van der Waals surface area contributed by atoms with E-state index in [0.717, 1.165) is 31.5 Å². The van der Waals surface area contributed by atoms with E-state index >= 15 is 0 Å². The smallest absolute Gasteiger partial charge is 0.240 e. The zero-order valence-corrected chi connectivity index (χ0v) is 16.2. The fraction of sp³-hybridized carbons (Fsp3) is 0.450. The molecule has 1 aromatic heterocycles. The molecular formula is C20H27N3O2S. The van der Waals surface area contributed by atoms with Crippen molar-refractivity contribution in [3.63, 3.8) is 0 Å². The van der Waals surface area contributed by atoms with Crippen molar-refractivity contribution in [1.82, 2.24) is 9.71 Å². The predicted molar refractivity (Wildman–Crippen MR) is 105 cm³/mol. The van der Waals surface area contributed by atoms with Gasteiger partial charge in [0.1, 0.15) is 0 Å². The van der Waals surface area contributed by atoms with Crippen LogP contribution in [-0.2, 0) is 10.0 Å². The van der Waals surface area contributed by atoms with E-state index in [4.69, 9.17) is 0 Å². The number of nitrogens with one attached hydrogen (secondary N) is 1. The molecule has 0 saturated carbocycles. The Morgan fingerprint density at radius 2 is 1.69 bits per heavy atom. The van der Waals surface area contributed by atoms with Gasteiger partial charge in [-0.1, -0.05) is 26.0 Å². The number of benzene rings is 1. The zero-order valence-electron chi connectivity index (χ0n) is 15.4. The Hall–Kier alpha value is -1.92. The van der Waals surface area contributed by atoms with Gasteiger partial charge in [0.05, 0.1) is 4.90 Å². The fourth-order valence-corrected chi connectivity index (χ4v) is 4.41. The third-order valence-corrected chi connectivity index (χ3v) is 6.50. The maximum atomic E-state index is 12.5. The summed E-state index contributed by atoms with van der Waals surface area (Å²) in [6, 6.07) is 11.2. The summed E-state index contributed by atoms with van der Waals surface area (Å²) in [7, 11) is -3.44. The molecule has 0 unspecified atom stereocenters. The highest BCUT2D eigenvalue weighted by molar-refractivity contribution is 7.89. The molecule has 0 spiro atoms. The van der Waals surface area contributed by atoms with Crippen LogP contribution in [0.2, 0.25) is 0 Å². The standard InChI is InChI=1S/C20H27N3O2S/c1-16(2)18-3-5-20(6-4-18)26(24,25)22-15-17-9-13-23(14-10-17)19-7-11-21-12-8-19/h3-8,11-12,16-17,22H,9-10,13-15H2,1-2H3. The van der Waals surface area contributed by atoms with Gasteiger partial charge in [-0.3, -0.25) is 4.98 Å². The van der Waals surface area contributed by atoms with Gasteiger partial charge in [0, 0.05) is 37.7 Å². The Labute approximate surface area is 156 Å². The second-order valence-corrected chi connectivity index (χ2v) is 8.98. The molecule has 1 N–H and O–H groups in total. The third kappa shape index (κ3) is 4.62. The van der Waals surface area contributed by atoms with Crippen molar-refractivity contribution >= 4 is 15.7 Å². The summed E-state index contributed by atoms with van der Waals surface area (Å²) in [5.74, 6) is 0.767. The van der Waals surface area contributed by atoms with Gasteiger partial charge in [-0.05, 0) is 54.5 Å². The molecule has 5 nitrogen and oxygen atoms in total. The number of aromatic nitrogens is 1. The van der Waals surface area contributed by atoms with E-state index in [1.807, 2.05) is 24.3 Å². The Balaban J connectivity index is 1.52. The Bertz CT molecular complexity index is 797. The second kappa shape index (κ2) is 8.18. The molecule has 1 aliphatic rings. The summed E-state index contributed by atoms with van der Waals surface area (Å²) < 4.78 is 27.8. The zero-order chi connectivity index (χ0) is 18.6. The van der Waals surface area contributed by atoms with Crippen LogP contribution < -0.4 is 9.62 Å². The molecule has 0 atom stereocenters. The van der Waals surface area contributed by atoms with Gasteiger partial charge in [-0.25, -0.2) is 13.1 Å². The molecule has 0 bridgehead atoms. The maximum Gasteiger partial charge on any atom is 0.240 e. The number of hydrogen-bond donors (Lipinski definition) is 1. The lowest BCUT2D eigenvalue weighted by Gasteiger charge is -2.33. The van der Waals surface area contributed by atoms with Crippen LogP contribution in [0.5, 0.6) is 0 Å². The van der Waals surface area contributed by atoms with Gasteiger partial charge in [0.2, 0.25) is 10.0 Å². The molecule has 1 aromatic carbocycles. The molecule has 0 aliphatic carbocycles. The number of pyridine rings is 1. The quantitative estimate of drug-likeness (QED) is 0.843. The van der Waals surface area contributed by atoms with Gasteiger partial charge in [0.25, 0.3) is 0 Å². The van der Waals surface area contributed by atoms with Crippen LogP contribution in [0.25, 0.3) is 0 Å². The van der Waals surface area contributed by atoms with Gasteiger partial charge >= 0.3 is 0 Å². The van der Waals surface area contributed by atoms with Crippen LogP contribution in [-0.4, -0.2) is 33.0 Å². The number of nitrogens with zero attached hydrogens (tertiary/aromatic N) is 2. The highest BCUT2D eigenvalue weighted by atomic mass is 32.2. The topological polar surface area (TPSA) is 62.3 Å². The lowest BCUT2D eigenvalue weighted by atomic mass is 9.97. The highest BCUT2D eigenvalue weighted by Crippen LogP contribution is 2.23. The van der Waals surface area contributed by atoms with E-state index in [-0.39, 0.29) is 0 Å². The Morgan fingerprint density at radius 3 is 2.27 bits per heavy atom. The minimum absolute atomic E-state index is 0.344. The molecule has 3 rings (SSSR count). The van der Waals surface area contributed by atoms with Crippen molar-refractivity contribution in [1.29, 1.82) is 0 Å². The van der Waals surface area contributed by atoms with Crippen LogP contribution in [0.15, 0.2) is 53.7 Å². The van der Waals surface area contributed by atoms with Crippen LogP contribution in [0.3, 0.4) is 0 Å². The van der Waals surface area contributed by atoms with Crippen molar-refractivity contribution in [2.45, 2.75) is 37.5 Å². The van der Waals surface area contributed by atoms with Crippen LogP contribution in [0.4, 0.5) is 5.69 Å². The average Bonchev–Trinajstić information content (AvgIpc) is 2.67. The fourth-order valence-electron chi connectivity index (χ4n) is 3.29. The highest BCUT2D eigenvalue weighted by Gasteiger charge is 2.22. The first-order valence-corrected chi connectivity index (χ1v) is 10.7. The van der Waals surface area contributed by atoms with Crippen molar-refractivity contribution < 1.29 is 8.42 Å². The molecule has 1 fully saturated rings. The Kier molecular flexibility index (Phi) is 5.94. The number of piperidine rings is 1. The van der Waals surface area contributed by atoms with E-state index in [9.17, 15) is 8.42 Å². The van der Waals surface area contributed by atoms with Crippen LogP contribution in [0, 0.1) is 5.92 Å². The monoisotopic (exact) mass is 373 g/mol. The molecular weight excluding hydrogens is 346 g/mol. The lowest BCUT2D eigenvalue weighted by Crippen LogP contribution is -2.38. The first-order valence-electron chi connectivity index (χ1n) is 9.20. The Morgan fingerprint density at radius 1 is 1.08 bits per heavy atom. The molecule has 26 heavy (non-hydrogen) atoms. The van der Waals surface area contributed by atoms with Crippen LogP contribution in [0.1, 0.15) is 38.2 Å². The van der Waals surface area contributed by atoms with E-state index in [0.29, 0.717) is 23.3 Å². The normalized spacial score (nSPS) is 16.2. The SMILES string of the molecule is CC(C)c1ccc(S(=O)(=O)NCC2CCN(c3ccncc3)CC2)cc1. The first kappa shape index (κ1) is 18.9. The van der Waals surface area contributed by atoms with Crippen LogP contribution >= 0.6 is 0 Å². The largest absolute Gasteiger partial charge is 0.371 e. The van der Waals surface area contributed by atoms with Gasteiger partial charge in [-0.15, -0.1) is 0 Å². The molecule has 0 amide bonds. The molecule has 0 radical (unpaired) electrons. The first-order chi connectivity index (χ1) is 12.5. The molecule has 1 saturated heterocycles. The molecule has 2 aromatic rings. The van der Waals surface area contributed by atoms with Crippen molar-refractivity contribution in [2.75, 3.05) is 24.5 Å². The summed E-state index contributed by atoms with van der Waals surface area (Å²) in [4.78, 5) is 6.73. The third-order valence-electron chi connectivity index (χ3n) is 5.06. The second-order valence-electron chi connectivity index (χ2n) is 7.21. The number of sulfonamides is 1. The minimum atomic E-state index is -3.44. The lowest BCUT2D eigenvalue weighted by molar-refractivity contribution is 0.402.